The fraction of sp³-hybridized carbons (Fsp3) is 0.278. The molecule has 0 aliphatic rings. The first-order valence-corrected chi connectivity index (χ1v) is 7.89. The second kappa shape index (κ2) is 8.67. The van der Waals surface area contributed by atoms with Crippen molar-refractivity contribution in [2.45, 2.75) is 13.5 Å². The molecule has 0 radical (unpaired) electrons. The molecule has 0 aliphatic heterocycles. The van der Waals surface area contributed by atoms with Crippen LogP contribution in [0.25, 0.3) is 0 Å². The Kier molecular flexibility index (Phi) is 6.59. The van der Waals surface area contributed by atoms with Crippen LogP contribution in [-0.2, 0) is 11.3 Å². The normalized spacial score (nSPS) is 10.8. The number of amides is 1. The van der Waals surface area contributed by atoms with Crippen LogP contribution in [0.4, 0.5) is 5.69 Å². The molecule has 5 heteroatoms. The molecular formula is C18H21ClN2O2. The minimum absolute atomic E-state index is 0.00161. The van der Waals surface area contributed by atoms with Crippen LogP contribution >= 0.6 is 11.6 Å². The maximum absolute atomic E-state index is 12.2. The number of benzene rings is 2. The SMILES string of the molecule is Cc1ccc(NC(=O)CN(CCO)Cc2cccc(Cl)c2)cc1. The van der Waals surface area contributed by atoms with Crippen LogP contribution < -0.4 is 5.32 Å². The molecule has 0 fully saturated rings. The van der Waals surface area contributed by atoms with Gasteiger partial charge in [-0.1, -0.05) is 41.4 Å². The van der Waals surface area contributed by atoms with E-state index >= 15 is 0 Å². The standard InChI is InChI=1S/C18H21ClN2O2/c1-14-5-7-17(8-6-14)20-18(23)13-21(9-10-22)12-15-3-2-4-16(19)11-15/h2-8,11,22H,9-10,12-13H2,1H3,(H,20,23). The van der Waals surface area contributed by atoms with Gasteiger partial charge in [-0.05, 0) is 36.8 Å². The van der Waals surface area contributed by atoms with Gasteiger partial charge in [-0.2, -0.15) is 0 Å². The van der Waals surface area contributed by atoms with Crippen LogP contribution in [0.5, 0.6) is 0 Å². The second-order valence-corrected chi connectivity index (χ2v) is 5.91. The third kappa shape index (κ3) is 6.02. The van der Waals surface area contributed by atoms with Gasteiger partial charge in [-0.25, -0.2) is 0 Å². The number of nitrogens with one attached hydrogen (secondary N) is 1. The van der Waals surface area contributed by atoms with E-state index in [4.69, 9.17) is 11.6 Å². The molecule has 0 heterocycles. The molecular weight excluding hydrogens is 312 g/mol. The lowest BCUT2D eigenvalue weighted by atomic mass is 10.2. The van der Waals surface area contributed by atoms with Crippen molar-refractivity contribution in [3.8, 4) is 0 Å². The van der Waals surface area contributed by atoms with Gasteiger partial charge in [0.1, 0.15) is 0 Å². The van der Waals surface area contributed by atoms with E-state index in [0.717, 1.165) is 16.8 Å². The van der Waals surface area contributed by atoms with E-state index in [-0.39, 0.29) is 19.1 Å². The number of aliphatic hydroxyl groups is 1. The number of carbonyl (C=O) groups is 1. The van der Waals surface area contributed by atoms with Gasteiger partial charge in [0.15, 0.2) is 0 Å². The molecule has 0 spiro atoms. The Labute approximate surface area is 141 Å². The number of hydrogen-bond acceptors (Lipinski definition) is 3. The molecule has 0 aliphatic carbocycles. The number of nitrogens with zero attached hydrogens (tertiary/aromatic N) is 1. The maximum atomic E-state index is 12.2. The van der Waals surface area contributed by atoms with Gasteiger partial charge in [0, 0.05) is 23.8 Å². The first-order valence-electron chi connectivity index (χ1n) is 7.51. The van der Waals surface area contributed by atoms with Crippen molar-refractivity contribution in [1.29, 1.82) is 0 Å². The van der Waals surface area contributed by atoms with E-state index < -0.39 is 0 Å². The number of rotatable bonds is 7. The minimum atomic E-state index is -0.107. The number of halogens is 1. The summed E-state index contributed by atoms with van der Waals surface area (Å²) in [5.74, 6) is -0.107. The lowest BCUT2D eigenvalue weighted by molar-refractivity contribution is -0.117. The molecule has 1 amide bonds. The molecule has 0 unspecified atom stereocenters. The van der Waals surface area contributed by atoms with Crippen LogP contribution in [0.1, 0.15) is 11.1 Å². The maximum Gasteiger partial charge on any atom is 0.238 e. The van der Waals surface area contributed by atoms with Crippen LogP contribution in [0.2, 0.25) is 5.02 Å². The Morgan fingerprint density at radius 2 is 1.96 bits per heavy atom. The number of aliphatic hydroxyl groups excluding tert-OH is 1. The third-order valence-electron chi connectivity index (χ3n) is 3.41. The molecule has 2 aromatic carbocycles. The highest BCUT2D eigenvalue weighted by atomic mass is 35.5. The van der Waals surface area contributed by atoms with Crippen LogP contribution in [0, 0.1) is 6.92 Å². The Hall–Kier alpha value is -1.88. The average Bonchev–Trinajstić information content (AvgIpc) is 2.50. The third-order valence-corrected chi connectivity index (χ3v) is 3.65. The van der Waals surface area contributed by atoms with Gasteiger partial charge in [-0.3, -0.25) is 9.69 Å². The molecule has 0 saturated heterocycles. The van der Waals surface area contributed by atoms with Gasteiger partial charge in [0.2, 0.25) is 5.91 Å². The smallest absolute Gasteiger partial charge is 0.238 e. The van der Waals surface area contributed by atoms with Crippen molar-refractivity contribution >= 4 is 23.2 Å². The molecule has 0 saturated carbocycles. The summed E-state index contributed by atoms with van der Waals surface area (Å²) in [5, 5.41) is 12.7. The predicted octanol–water partition coefficient (Wildman–Crippen LogP) is 3.08. The Bertz CT molecular complexity index is 644. The molecule has 4 nitrogen and oxygen atoms in total. The number of aryl methyl sites for hydroxylation is 1. The van der Waals surface area contributed by atoms with Crippen LogP contribution in [0.15, 0.2) is 48.5 Å². The van der Waals surface area contributed by atoms with Crippen molar-refractivity contribution in [2.24, 2.45) is 0 Å². The highest BCUT2D eigenvalue weighted by Crippen LogP contribution is 2.13. The first kappa shape index (κ1) is 17.5. The van der Waals surface area contributed by atoms with Crippen molar-refractivity contribution in [3.05, 3.63) is 64.7 Å². The number of carbonyl (C=O) groups excluding carboxylic acids is 1. The zero-order chi connectivity index (χ0) is 16.7. The largest absolute Gasteiger partial charge is 0.395 e. The zero-order valence-corrected chi connectivity index (χ0v) is 13.9. The van der Waals surface area contributed by atoms with E-state index in [1.54, 1.807) is 0 Å². The van der Waals surface area contributed by atoms with E-state index in [9.17, 15) is 9.90 Å². The molecule has 0 atom stereocenters. The lowest BCUT2D eigenvalue weighted by Gasteiger charge is -2.21. The van der Waals surface area contributed by atoms with Crippen molar-refractivity contribution < 1.29 is 9.90 Å². The Balaban J connectivity index is 1.95. The summed E-state index contributed by atoms with van der Waals surface area (Å²) >= 11 is 5.98. The average molecular weight is 333 g/mol. The second-order valence-electron chi connectivity index (χ2n) is 5.48. The summed E-state index contributed by atoms with van der Waals surface area (Å²) in [4.78, 5) is 14.1. The summed E-state index contributed by atoms with van der Waals surface area (Å²) in [6, 6.07) is 15.2. The zero-order valence-electron chi connectivity index (χ0n) is 13.1. The van der Waals surface area contributed by atoms with Crippen molar-refractivity contribution in [3.63, 3.8) is 0 Å². The fourth-order valence-corrected chi connectivity index (χ4v) is 2.50. The van der Waals surface area contributed by atoms with Gasteiger partial charge in [-0.15, -0.1) is 0 Å². The van der Waals surface area contributed by atoms with Gasteiger partial charge in [0.05, 0.1) is 13.2 Å². The minimum Gasteiger partial charge on any atom is -0.395 e. The molecule has 23 heavy (non-hydrogen) atoms. The summed E-state index contributed by atoms with van der Waals surface area (Å²) < 4.78 is 0. The van der Waals surface area contributed by atoms with Gasteiger partial charge >= 0.3 is 0 Å². The first-order chi connectivity index (χ1) is 11.1. The quantitative estimate of drug-likeness (QED) is 0.819. The van der Waals surface area contributed by atoms with Crippen LogP contribution in [-0.4, -0.2) is 35.6 Å². The Morgan fingerprint density at radius 3 is 2.61 bits per heavy atom. The molecule has 0 bridgehead atoms. The summed E-state index contributed by atoms with van der Waals surface area (Å²) in [6.45, 7) is 3.19. The topological polar surface area (TPSA) is 52.6 Å². The summed E-state index contributed by atoms with van der Waals surface area (Å²) in [5.41, 5.74) is 2.92. The van der Waals surface area contributed by atoms with Gasteiger partial charge in [0.25, 0.3) is 0 Å². The lowest BCUT2D eigenvalue weighted by Crippen LogP contribution is -2.34. The molecule has 122 valence electrons. The molecule has 2 rings (SSSR count). The molecule has 2 aromatic rings. The van der Waals surface area contributed by atoms with Crippen molar-refractivity contribution in [2.75, 3.05) is 25.0 Å². The highest BCUT2D eigenvalue weighted by molar-refractivity contribution is 6.30. The number of hydrogen-bond donors (Lipinski definition) is 2. The number of anilines is 1. The van der Waals surface area contributed by atoms with E-state index in [1.165, 1.54) is 0 Å². The van der Waals surface area contributed by atoms with E-state index in [1.807, 2.05) is 60.4 Å². The van der Waals surface area contributed by atoms with E-state index in [2.05, 4.69) is 5.32 Å². The molecule has 2 N–H and O–H groups in total. The summed E-state index contributed by atoms with van der Waals surface area (Å²) in [7, 11) is 0. The van der Waals surface area contributed by atoms with E-state index in [0.29, 0.717) is 18.1 Å². The van der Waals surface area contributed by atoms with Crippen molar-refractivity contribution in [1.82, 2.24) is 4.90 Å². The molecule has 0 aromatic heterocycles. The van der Waals surface area contributed by atoms with Crippen LogP contribution in [0.3, 0.4) is 0 Å². The monoisotopic (exact) mass is 332 g/mol. The highest BCUT2D eigenvalue weighted by Gasteiger charge is 2.11. The summed E-state index contributed by atoms with van der Waals surface area (Å²) in [6.07, 6.45) is 0. The predicted molar refractivity (Wildman–Crippen MR) is 93.6 cm³/mol. The Morgan fingerprint density at radius 1 is 1.22 bits per heavy atom. The fourth-order valence-electron chi connectivity index (χ4n) is 2.29. The van der Waals surface area contributed by atoms with Gasteiger partial charge < -0.3 is 10.4 Å².